The molecule has 2 heterocycles. The summed E-state index contributed by atoms with van der Waals surface area (Å²) in [5.41, 5.74) is 0. The van der Waals surface area contributed by atoms with Crippen LogP contribution in [0, 0.1) is 5.92 Å². The number of hydrogen-bond donors (Lipinski definition) is 1. The Morgan fingerprint density at radius 3 is 2.70 bits per heavy atom. The fraction of sp³-hybridized carbons (Fsp3) is 0.500. The molecule has 4 rings (SSSR count). The van der Waals surface area contributed by atoms with Crippen LogP contribution in [0.15, 0.2) is 54.7 Å². The highest BCUT2D eigenvalue weighted by molar-refractivity contribution is 5.89. The van der Waals surface area contributed by atoms with Crippen molar-refractivity contribution in [2.75, 3.05) is 31.6 Å². The topological polar surface area (TPSA) is 59.4 Å². The second-order valence-electron chi connectivity index (χ2n) is 8.30. The second-order valence-corrected chi connectivity index (χ2v) is 8.30. The van der Waals surface area contributed by atoms with E-state index >= 15 is 0 Å². The van der Waals surface area contributed by atoms with E-state index in [1.807, 2.05) is 41.1 Å². The molecule has 160 valence electrons. The van der Waals surface area contributed by atoms with Gasteiger partial charge in [-0.1, -0.05) is 30.4 Å². The highest BCUT2D eigenvalue weighted by Gasteiger charge is 2.24. The van der Waals surface area contributed by atoms with Gasteiger partial charge in [0.05, 0.1) is 25.3 Å². The molecule has 1 fully saturated rings. The molecule has 1 aromatic heterocycles. The summed E-state index contributed by atoms with van der Waals surface area (Å²) < 4.78 is 7.62. The van der Waals surface area contributed by atoms with Crippen molar-refractivity contribution in [1.29, 1.82) is 0 Å². The predicted molar refractivity (Wildman–Crippen MR) is 119 cm³/mol. The molecule has 0 bridgehead atoms. The van der Waals surface area contributed by atoms with Crippen LogP contribution in [0.2, 0.25) is 0 Å². The van der Waals surface area contributed by atoms with Gasteiger partial charge in [-0.2, -0.15) is 5.10 Å². The van der Waals surface area contributed by atoms with Gasteiger partial charge < -0.3 is 15.0 Å². The number of rotatable bonds is 8. The van der Waals surface area contributed by atoms with Gasteiger partial charge in [0.15, 0.2) is 0 Å². The number of aromatic nitrogens is 2. The third-order valence-electron chi connectivity index (χ3n) is 6.08. The molecule has 1 aliphatic carbocycles. The van der Waals surface area contributed by atoms with Crippen LogP contribution in [0.5, 0.6) is 5.75 Å². The molecule has 1 unspecified atom stereocenters. The average molecular weight is 409 g/mol. The van der Waals surface area contributed by atoms with Crippen molar-refractivity contribution in [3.8, 4) is 5.75 Å². The molecule has 30 heavy (non-hydrogen) atoms. The Bertz CT molecular complexity index is 825. The van der Waals surface area contributed by atoms with E-state index in [1.165, 1.54) is 25.8 Å². The number of piperidine rings is 1. The van der Waals surface area contributed by atoms with E-state index in [4.69, 9.17) is 4.74 Å². The minimum absolute atomic E-state index is 0.0459. The molecule has 0 saturated carbocycles. The Kier molecular flexibility index (Phi) is 7.19. The Labute approximate surface area is 178 Å². The summed E-state index contributed by atoms with van der Waals surface area (Å²) in [6.45, 7) is 3.77. The van der Waals surface area contributed by atoms with Crippen LogP contribution in [-0.4, -0.2) is 46.8 Å². The van der Waals surface area contributed by atoms with Gasteiger partial charge >= 0.3 is 0 Å². The Morgan fingerprint density at radius 2 is 1.93 bits per heavy atom. The average Bonchev–Trinajstić information content (AvgIpc) is 3.24. The first kappa shape index (κ1) is 20.7. The number of likely N-dealkylation sites (tertiary alicyclic amines) is 1. The summed E-state index contributed by atoms with van der Waals surface area (Å²) in [6.07, 6.45) is 12.7. The van der Waals surface area contributed by atoms with E-state index in [-0.39, 0.29) is 5.91 Å². The normalized spacial score (nSPS) is 20.2. The van der Waals surface area contributed by atoms with Crippen molar-refractivity contribution < 1.29 is 9.53 Å². The van der Waals surface area contributed by atoms with Crippen molar-refractivity contribution in [2.24, 2.45) is 5.92 Å². The summed E-state index contributed by atoms with van der Waals surface area (Å²) in [6, 6.07) is 11.8. The Morgan fingerprint density at radius 1 is 1.10 bits per heavy atom. The number of allylic oxidation sites excluding steroid dienone is 2. The zero-order valence-corrected chi connectivity index (χ0v) is 17.6. The molecule has 0 spiro atoms. The number of hydrogen-bond acceptors (Lipinski definition) is 4. The van der Waals surface area contributed by atoms with Gasteiger partial charge in [-0.3, -0.25) is 4.79 Å². The van der Waals surface area contributed by atoms with E-state index in [0.717, 1.165) is 43.4 Å². The molecular formula is C24H32N4O2. The first-order chi connectivity index (χ1) is 14.8. The number of benzene rings is 1. The van der Waals surface area contributed by atoms with Crippen LogP contribution in [0.3, 0.4) is 0 Å². The fourth-order valence-electron chi connectivity index (χ4n) is 4.42. The largest absolute Gasteiger partial charge is 0.493 e. The highest BCUT2D eigenvalue weighted by atomic mass is 16.5. The summed E-state index contributed by atoms with van der Waals surface area (Å²) in [7, 11) is 0. The zero-order chi connectivity index (χ0) is 20.6. The minimum Gasteiger partial charge on any atom is -0.493 e. The van der Waals surface area contributed by atoms with Gasteiger partial charge in [0.25, 0.3) is 0 Å². The van der Waals surface area contributed by atoms with Crippen molar-refractivity contribution >= 4 is 11.7 Å². The van der Waals surface area contributed by atoms with Gasteiger partial charge in [-0.05, 0) is 50.2 Å². The maximum atomic E-state index is 12.4. The fourth-order valence-corrected chi connectivity index (χ4v) is 4.42. The number of para-hydroxylation sites is 1. The summed E-state index contributed by atoms with van der Waals surface area (Å²) in [5.74, 6) is 2.33. The maximum Gasteiger partial charge on any atom is 0.228 e. The lowest BCUT2D eigenvalue weighted by Crippen LogP contribution is -2.38. The Hall–Kier alpha value is -2.60. The van der Waals surface area contributed by atoms with Gasteiger partial charge in [0.1, 0.15) is 11.6 Å². The lowest BCUT2D eigenvalue weighted by molar-refractivity contribution is -0.116. The van der Waals surface area contributed by atoms with Crippen LogP contribution in [0.25, 0.3) is 0 Å². The van der Waals surface area contributed by atoms with Gasteiger partial charge in [0.2, 0.25) is 5.91 Å². The quantitative estimate of drug-likeness (QED) is 0.662. The third-order valence-corrected chi connectivity index (χ3v) is 6.08. The third kappa shape index (κ3) is 5.72. The highest BCUT2D eigenvalue weighted by Crippen LogP contribution is 2.27. The summed E-state index contributed by atoms with van der Waals surface area (Å²) in [4.78, 5) is 15.0. The van der Waals surface area contributed by atoms with Crippen LogP contribution in [-0.2, 0) is 4.79 Å². The number of anilines is 1. The number of carbonyl (C=O) groups is 1. The molecule has 1 atom stereocenters. The van der Waals surface area contributed by atoms with E-state index < -0.39 is 0 Å². The maximum absolute atomic E-state index is 12.4. The number of nitrogens with zero attached hydrogens (tertiary/aromatic N) is 3. The van der Waals surface area contributed by atoms with E-state index in [0.29, 0.717) is 19.1 Å². The molecule has 1 aliphatic heterocycles. The number of nitrogens with one attached hydrogen (secondary N) is 1. The van der Waals surface area contributed by atoms with Crippen molar-refractivity contribution in [1.82, 2.24) is 14.7 Å². The first-order valence-electron chi connectivity index (χ1n) is 11.2. The van der Waals surface area contributed by atoms with Crippen LogP contribution < -0.4 is 10.1 Å². The first-order valence-corrected chi connectivity index (χ1v) is 11.2. The lowest BCUT2D eigenvalue weighted by atomic mass is 9.93. The number of ether oxygens (including phenoxy) is 1. The van der Waals surface area contributed by atoms with Gasteiger partial charge in [0, 0.05) is 25.7 Å². The zero-order valence-electron chi connectivity index (χ0n) is 17.6. The molecule has 2 aliphatic rings. The smallest absolute Gasteiger partial charge is 0.228 e. The van der Waals surface area contributed by atoms with Gasteiger partial charge in [-0.15, -0.1) is 0 Å². The predicted octanol–water partition coefficient (Wildman–Crippen LogP) is 4.28. The Balaban J connectivity index is 1.22. The summed E-state index contributed by atoms with van der Waals surface area (Å²) >= 11 is 0. The van der Waals surface area contributed by atoms with Crippen LogP contribution in [0.1, 0.15) is 44.6 Å². The standard InChI is InChI=1S/C24H32N4O2/c29-24(14-18-30-22-9-5-2-6-10-22)26-23-11-15-25-28(23)21-12-16-27(17-13-21)19-20-7-3-1-4-8-20/h1-3,5-6,9-11,15,20-21H,4,7-8,12-14,16-19H2,(H,26,29). The molecule has 6 nitrogen and oxygen atoms in total. The molecular weight excluding hydrogens is 376 g/mol. The SMILES string of the molecule is O=C(CCOc1ccccc1)Nc1ccnn1C1CCN(CC2CC=CCC2)CC1. The molecule has 6 heteroatoms. The molecule has 1 saturated heterocycles. The number of carbonyl (C=O) groups excluding carboxylic acids is 1. The van der Waals surface area contributed by atoms with E-state index in [1.54, 1.807) is 6.20 Å². The molecule has 2 aromatic rings. The van der Waals surface area contributed by atoms with Crippen molar-refractivity contribution in [3.63, 3.8) is 0 Å². The second kappa shape index (κ2) is 10.4. The van der Waals surface area contributed by atoms with Crippen LogP contribution in [0.4, 0.5) is 5.82 Å². The minimum atomic E-state index is -0.0459. The van der Waals surface area contributed by atoms with Crippen molar-refractivity contribution in [2.45, 2.75) is 44.6 Å². The van der Waals surface area contributed by atoms with E-state index in [2.05, 4.69) is 27.5 Å². The molecule has 0 radical (unpaired) electrons. The lowest BCUT2D eigenvalue weighted by Gasteiger charge is -2.35. The molecule has 1 aromatic carbocycles. The van der Waals surface area contributed by atoms with Crippen molar-refractivity contribution in [3.05, 3.63) is 54.7 Å². The monoisotopic (exact) mass is 408 g/mol. The van der Waals surface area contributed by atoms with E-state index in [9.17, 15) is 4.79 Å². The molecule has 1 N–H and O–H groups in total. The van der Waals surface area contributed by atoms with Gasteiger partial charge in [-0.25, -0.2) is 4.68 Å². The number of amides is 1. The molecule has 1 amide bonds. The summed E-state index contributed by atoms with van der Waals surface area (Å²) in [5, 5.41) is 7.52. The van der Waals surface area contributed by atoms with Crippen LogP contribution >= 0.6 is 0 Å².